The molecule has 3 aromatic rings. The molecule has 3 heterocycles. The van der Waals surface area contributed by atoms with Gasteiger partial charge in [0.15, 0.2) is 0 Å². The molecule has 0 saturated carbocycles. The highest BCUT2D eigenvalue weighted by molar-refractivity contribution is 6.01. The third-order valence-electron chi connectivity index (χ3n) is 4.12. The van der Waals surface area contributed by atoms with Crippen molar-refractivity contribution in [3.8, 4) is 11.3 Å². The lowest BCUT2D eigenvalue weighted by molar-refractivity contribution is 0.0999. The van der Waals surface area contributed by atoms with E-state index in [0.717, 1.165) is 40.8 Å². The van der Waals surface area contributed by atoms with Crippen molar-refractivity contribution in [2.45, 2.75) is 20.0 Å². The number of carbonyl (C=O) groups excluding carboxylic acids is 1. The highest BCUT2D eigenvalue weighted by atomic mass is 16.1. The Bertz CT molecular complexity index is 891. The molecule has 4 N–H and O–H groups in total. The lowest BCUT2D eigenvalue weighted by Crippen LogP contribution is -2.30. The first kappa shape index (κ1) is 13.0. The summed E-state index contributed by atoms with van der Waals surface area (Å²) in [6, 6.07) is 3.99. The van der Waals surface area contributed by atoms with Crippen LogP contribution in [0.1, 0.15) is 21.6 Å². The molecule has 2 aromatic heterocycles. The Balaban J connectivity index is 1.97. The van der Waals surface area contributed by atoms with Crippen LogP contribution in [-0.4, -0.2) is 32.4 Å². The van der Waals surface area contributed by atoms with Crippen LogP contribution in [0.2, 0.25) is 0 Å². The normalized spacial score (nSPS) is 14.2. The Hall–Kier alpha value is -2.67. The van der Waals surface area contributed by atoms with E-state index in [0.29, 0.717) is 17.8 Å². The number of carbonyl (C=O) groups is 1. The molecule has 22 heavy (non-hydrogen) atoms. The van der Waals surface area contributed by atoms with Gasteiger partial charge in [-0.25, -0.2) is 0 Å². The maximum Gasteiger partial charge on any atom is 0.252 e. The summed E-state index contributed by atoms with van der Waals surface area (Å²) < 4.78 is 1.88. The summed E-state index contributed by atoms with van der Waals surface area (Å²) in [6.07, 6.45) is 1.77. The van der Waals surface area contributed by atoms with Gasteiger partial charge in [-0.2, -0.15) is 10.2 Å². The minimum atomic E-state index is -0.440. The number of hydrogen-bond acceptors (Lipinski definition) is 4. The first-order valence-electron chi connectivity index (χ1n) is 7.19. The summed E-state index contributed by atoms with van der Waals surface area (Å²) in [5.74, 6) is -0.440. The van der Waals surface area contributed by atoms with Crippen LogP contribution in [0, 0.1) is 6.92 Å². The monoisotopic (exact) mass is 296 g/mol. The molecule has 0 bridgehead atoms. The molecule has 1 aromatic carbocycles. The van der Waals surface area contributed by atoms with E-state index in [1.54, 1.807) is 6.20 Å². The van der Waals surface area contributed by atoms with Crippen LogP contribution in [0.15, 0.2) is 18.3 Å². The number of aromatic nitrogens is 4. The molecule has 1 aliphatic rings. The van der Waals surface area contributed by atoms with Crippen LogP contribution in [0.4, 0.5) is 0 Å². The number of primary amides is 1. The number of aromatic amines is 1. The number of aryl methyl sites for hydroxylation is 1. The molecule has 0 fully saturated rings. The maximum absolute atomic E-state index is 11.9. The van der Waals surface area contributed by atoms with Crippen LogP contribution >= 0.6 is 0 Å². The lowest BCUT2D eigenvalue weighted by Gasteiger charge is -2.15. The minimum absolute atomic E-state index is 0.440. The number of benzene rings is 1. The largest absolute Gasteiger partial charge is 0.365 e. The van der Waals surface area contributed by atoms with Crippen LogP contribution in [0.25, 0.3) is 22.2 Å². The van der Waals surface area contributed by atoms with Gasteiger partial charge >= 0.3 is 0 Å². The van der Waals surface area contributed by atoms with Gasteiger partial charge in [-0.3, -0.25) is 14.6 Å². The van der Waals surface area contributed by atoms with Gasteiger partial charge in [0.1, 0.15) is 5.69 Å². The third kappa shape index (κ3) is 1.82. The lowest BCUT2D eigenvalue weighted by atomic mass is 10.0. The Morgan fingerprint density at radius 3 is 3.09 bits per heavy atom. The van der Waals surface area contributed by atoms with Gasteiger partial charge < -0.3 is 11.1 Å². The molecule has 0 unspecified atom stereocenters. The first-order valence-corrected chi connectivity index (χ1v) is 7.19. The van der Waals surface area contributed by atoms with Gasteiger partial charge in [-0.1, -0.05) is 0 Å². The SMILES string of the molecule is Cc1cc(-c2nn3c(c2C(N)=O)CNCC3)cc2cn[nH]c12. The van der Waals surface area contributed by atoms with Crippen molar-refractivity contribution in [1.29, 1.82) is 0 Å². The van der Waals surface area contributed by atoms with E-state index in [1.165, 1.54) is 0 Å². The number of fused-ring (bicyclic) bond motifs is 2. The van der Waals surface area contributed by atoms with E-state index in [2.05, 4.69) is 20.6 Å². The molecule has 112 valence electrons. The zero-order valence-electron chi connectivity index (χ0n) is 12.2. The van der Waals surface area contributed by atoms with Crippen molar-refractivity contribution in [3.05, 3.63) is 35.2 Å². The molecule has 1 aliphatic heterocycles. The average molecular weight is 296 g/mol. The molecule has 1 amide bonds. The summed E-state index contributed by atoms with van der Waals surface area (Å²) in [5, 5.41) is 15.9. The molecule has 0 atom stereocenters. The van der Waals surface area contributed by atoms with Crippen molar-refractivity contribution in [1.82, 2.24) is 25.3 Å². The number of rotatable bonds is 2. The van der Waals surface area contributed by atoms with Gasteiger partial charge in [0, 0.05) is 24.0 Å². The summed E-state index contributed by atoms with van der Waals surface area (Å²) in [6.45, 7) is 4.19. The van der Waals surface area contributed by atoms with Crippen molar-refractivity contribution < 1.29 is 4.79 Å². The van der Waals surface area contributed by atoms with E-state index in [-0.39, 0.29) is 0 Å². The van der Waals surface area contributed by atoms with E-state index >= 15 is 0 Å². The highest BCUT2D eigenvalue weighted by Crippen LogP contribution is 2.30. The second-order valence-corrected chi connectivity index (χ2v) is 5.56. The van der Waals surface area contributed by atoms with Gasteiger partial charge in [-0.15, -0.1) is 0 Å². The molecule has 0 aliphatic carbocycles. The summed E-state index contributed by atoms with van der Waals surface area (Å²) in [7, 11) is 0. The fourth-order valence-electron chi connectivity index (χ4n) is 3.09. The summed E-state index contributed by atoms with van der Waals surface area (Å²) >= 11 is 0. The van der Waals surface area contributed by atoms with Gasteiger partial charge in [-0.05, 0) is 24.6 Å². The standard InChI is InChI=1S/C15H16N6O/c1-8-4-9(5-10-6-18-19-13(8)10)14-12(15(16)22)11-7-17-2-3-21(11)20-14/h4-6,17H,2-3,7H2,1H3,(H2,16,22)(H,18,19). The van der Waals surface area contributed by atoms with E-state index in [1.807, 2.05) is 23.7 Å². The van der Waals surface area contributed by atoms with Crippen LogP contribution < -0.4 is 11.1 Å². The Morgan fingerprint density at radius 2 is 2.27 bits per heavy atom. The smallest absolute Gasteiger partial charge is 0.252 e. The Labute approximate surface area is 126 Å². The number of amides is 1. The number of nitrogens with two attached hydrogens (primary N) is 1. The number of nitrogens with one attached hydrogen (secondary N) is 2. The van der Waals surface area contributed by atoms with Crippen molar-refractivity contribution in [2.24, 2.45) is 5.73 Å². The second-order valence-electron chi connectivity index (χ2n) is 5.56. The fraction of sp³-hybridized carbons (Fsp3) is 0.267. The zero-order chi connectivity index (χ0) is 15.3. The van der Waals surface area contributed by atoms with E-state index in [4.69, 9.17) is 5.73 Å². The van der Waals surface area contributed by atoms with Gasteiger partial charge in [0.05, 0.1) is 29.5 Å². The van der Waals surface area contributed by atoms with Gasteiger partial charge in [0.2, 0.25) is 0 Å². The predicted molar refractivity (Wildman–Crippen MR) is 82.3 cm³/mol. The predicted octanol–water partition coefficient (Wildman–Crippen LogP) is 0.937. The van der Waals surface area contributed by atoms with Crippen LogP contribution in [-0.2, 0) is 13.1 Å². The summed E-state index contributed by atoms with van der Waals surface area (Å²) in [5.41, 5.74) is 10.6. The second kappa shape index (κ2) is 4.67. The maximum atomic E-state index is 11.9. The molecule has 7 heteroatoms. The molecule has 0 radical (unpaired) electrons. The Kier molecular flexibility index (Phi) is 2.77. The highest BCUT2D eigenvalue weighted by Gasteiger charge is 2.25. The van der Waals surface area contributed by atoms with E-state index in [9.17, 15) is 4.79 Å². The molecule has 0 spiro atoms. The molecular weight excluding hydrogens is 280 g/mol. The zero-order valence-corrected chi connectivity index (χ0v) is 12.2. The average Bonchev–Trinajstić information content (AvgIpc) is 3.11. The number of nitrogens with zero attached hydrogens (tertiary/aromatic N) is 3. The summed E-state index contributed by atoms with van der Waals surface area (Å²) in [4.78, 5) is 11.9. The van der Waals surface area contributed by atoms with Crippen LogP contribution in [0.3, 0.4) is 0 Å². The number of hydrogen-bond donors (Lipinski definition) is 3. The van der Waals surface area contributed by atoms with Crippen LogP contribution in [0.5, 0.6) is 0 Å². The minimum Gasteiger partial charge on any atom is -0.365 e. The van der Waals surface area contributed by atoms with Crippen molar-refractivity contribution in [2.75, 3.05) is 6.54 Å². The molecule has 7 nitrogen and oxygen atoms in total. The third-order valence-corrected chi connectivity index (χ3v) is 4.12. The molecule has 0 saturated heterocycles. The quantitative estimate of drug-likeness (QED) is 0.655. The van der Waals surface area contributed by atoms with E-state index < -0.39 is 5.91 Å². The topological polar surface area (TPSA) is 102 Å². The Morgan fingerprint density at radius 1 is 1.41 bits per heavy atom. The first-order chi connectivity index (χ1) is 10.6. The van der Waals surface area contributed by atoms with Gasteiger partial charge in [0.25, 0.3) is 5.91 Å². The molecular formula is C15H16N6O. The fourth-order valence-corrected chi connectivity index (χ4v) is 3.09. The van der Waals surface area contributed by atoms with Crippen molar-refractivity contribution >= 4 is 16.8 Å². The number of H-pyrrole nitrogens is 1. The molecule has 4 rings (SSSR count). The van der Waals surface area contributed by atoms with Crippen molar-refractivity contribution in [3.63, 3.8) is 0 Å².